The Morgan fingerprint density at radius 2 is 1.12 bits per heavy atom. The second kappa shape index (κ2) is 16.6. The summed E-state index contributed by atoms with van der Waals surface area (Å²) in [4.78, 5) is 0. The van der Waals surface area contributed by atoms with Gasteiger partial charge in [-0.25, -0.2) is 0 Å². The van der Waals surface area contributed by atoms with E-state index in [4.69, 9.17) is 0 Å². The Kier molecular flexibility index (Phi) is 21.4. The summed E-state index contributed by atoms with van der Waals surface area (Å²) < 4.78 is 0. The highest BCUT2D eigenvalue weighted by molar-refractivity contribution is 5.22. The van der Waals surface area contributed by atoms with Gasteiger partial charge in [0.15, 0.2) is 0 Å². The lowest BCUT2D eigenvalue weighted by atomic mass is 10.1. The van der Waals surface area contributed by atoms with Gasteiger partial charge in [-0.1, -0.05) is 79.7 Å². The van der Waals surface area contributed by atoms with E-state index < -0.39 is 0 Å². The molecule has 0 heteroatoms. The van der Waals surface area contributed by atoms with Gasteiger partial charge in [0, 0.05) is 0 Å². The molecule has 1 aromatic rings. The van der Waals surface area contributed by atoms with Crippen LogP contribution in [0.2, 0.25) is 0 Å². The Labute approximate surface area is 104 Å². The van der Waals surface area contributed by atoms with Crippen LogP contribution in [0.15, 0.2) is 24.3 Å². The molecule has 0 N–H and O–H groups in total. The van der Waals surface area contributed by atoms with Gasteiger partial charge in [0.2, 0.25) is 0 Å². The van der Waals surface area contributed by atoms with Crippen molar-refractivity contribution in [2.24, 2.45) is 0 Å². The van der Waals surface area contributed by atoms with Gasteiger partial charge in [0.25, 0.3) is 0 Å². The van der Waals surface area contributed by atoms with E-state index in [0.29, 0.717) is 0 Å². The van der Waals surface area contributed by atoms with Crippen LogP contribution in [0.1, 0.15) is 66.5 Å². The molecule has 0 aliphatic carbocycles. The number of aryl methyl sites for hydroxylation is 2. The van der Waals surface area contributed by atoms with Crippen LogP contribution in [0.4, 0.5) is 0 Å². The summed E-state index contributed by atoms with van der Waals surface area (Å²) in [5, 5.41) is 0. The molecule has 1 aromatic carbocycles. The van der Waals surface area contributed by atoms with Crippen molar-refractivity contribution < 1.29 is 0 Å². The maximum Gasteiger partial charge on any atom is -0.0281 e. The van der Waals surface area contributed by atoms with Crippen molar-refractivity contribution in [3.8, 4) is 0 Å². The van der Waals surface area contributed by atoms with Crippen LogP contribution in [0, 0.1) is 0 Å². The molecule has 0 aliphatic heterocycles. The number of benzene rings is 1. The summed E-state index contributed by atoms with van der Waals surface area (Å²) in [5.74, 6) is 0. The van der Waals surface area contributed by atoms with Crippen LogP contribution >= 0.6 is 0 Å². The molecule has 0 radical (unpaired) electrons. The van der Waals surface area contributed by atoms with Crippen LogP contribution < -0.4 is 0 Å². The molecule has 0 atom stereocenters. The SMILES string of the molecule is C.CC.CC.CCCc1ccc(CC)cc1. The Bertz CT molecular complexity index is 196. The number of hydrogen-bond donors (Lipinski definition) is 0. The Balaban J connectivity index is -0.000000305. The molecule has 96 valence electrons. The molecule has 0 fully saturated rings. The second-order valence-electron chi connectivity index (χ2n) is 2.92. The van der Waals surface area contributed by atoms with Gasteiger partial charge >= 0.3 is 0 Å². The fraction of sp³-hybridized carbons (Fsp3) is 0.625. The smallest absolute Gasteiger partial charge is 0.0281 e. The van der Waals surface area contributed by atoms with Gasteiger partial charge in [0.05, 0.1) is 0 Å². The van der Waals surface area contributed by atoms with E-state index >= 15 is 0 Å². The van der Waals surface area contributed by atoms with Gasteiger partial charge < -0.3 is 0 Å². The molecule has 0 spiro atoms. The van der Waals surface area contributed by atoms with Crippen molar-refractivity contribution in [1.29, 1.82) is 0 Å². The third kappa shape index (κ3) is 9.76. The van der Waals surface area contributed by atoms with Crippen molar-refractivity contribution in [3.63, 3.8) is 0 Å². The van der Waals surface area contributed by atoms with Crippen LogP contribution in [0.25, 0.3) is 0 Å². The molecular weight excluding hydrogens is 192 g/mol. The molecule has 0 aromatic heterocycles. The largest absolute Gasteiger partial charge is 0.0776 e. The van der Waals surface area contributed by atoms with Crippen LogP contribution in [0.5, 0.6) is 0 Å². The van der Waals surface area contributed by atoms with Gasteiger partial charge in [-0.15, -0.1) is 0 Å². The maximum absolute atomic E-state index is 2.24. The standard InChI is InChI=1S/C11H16.2C2H6.CH4/c1-3-5-11-8-6-10(4-2)7-9-11;2*1-2;/h6-9H,3-5H2,1-2H3;2*1-2H3;1H4. The van der Waals surface area contributed by atoms with Crippen LogP contribution in [-0.4, -0.2) is 0 Å². The molecule has 0 saturated carbocycles. The molecule has 0 saturated heterocycles. The average Bonchev–Trinajstić information content (AvgIpc) is 2.36. The van der Waals surface area contributed by atoms with Gasteiger partial charge in [-0.3, -0.25) is 0 Å². The van der Waals surface area contributed by atoms with Gasteiger partial charge in [-0.2, -0.15) is 0 Å². The van der Waals surface area contributed by atoms with Gasteiger partial charge in [-0.05, 0) is 24.0 Å². The lowest BCUT2D eigenvalue weighted by Crippen LogP contribution is -1.84. The summed E-state index contributed by atoms with van der Waals surface area (Å²) >= 11 is 0. The zero-order valence-corrected chi connectivity index (χ0v) is 11.4. The molecule has 0 aliphatic rings. The summed E-state index contributed by atoms with van der Waals surface area (Å²) in [6.07, 6.45) is 3.60. The third-order valence-corrected chi connectivity index (χ3v) is 1.97. The van der Waals surface area contributed by atoms with E-state index in [0.717, 1.165) is 6.42 Å². The zero-order valence-electron chi connectivity index (χ0n) is 11.4. The van der Waals surface area contributed by atoms with E-state index in [1.54, 1.807) is 0 Å². The van der Waals surface area contributed by atoms with Crippen molar-refractivity contribution in [2.45, 2.75) is 68.2 Å². The first-order chi connectivity index (χ1) is 7.36. The molecular formula is C16H32. The number of rotatable bonds is 3. The topological polar surface area (TPSA) is 0 Å². The van der Waals surface area contributed by atoms with Crippen molar-refractivity contribution >= 4 is 0 Å². The first-order valence-corrected chi connectivity index (χ1v) is 6.44. The highest BCUT2D eigenvalue weighted by Gasteiger charge is 1.90. The average molecular weight is 224 g/mol. The predicted octanol–water partition coefficient (Wildman–Crippen LogP) is 5.89. The molecule has 16 heavy (non-hydrogen) atoms. The Hall–Kier alpha value is -0.780. The van der Waals surface area contributed by atoms with E-state index in [1.807, 2.05) is 27.7 Å². The van der Waals surface area contributed by atoms with Crippen LogP contribution in [-0.2, 0) is 12.8 Å². The Morgan fingerprint density at radius 1 is 0.750 bits per heavy atom. The van der Waals surface area contributed by atoms with Crippen molar-refractivity contribution in [2.75, 3.05) is 0 Å². The summed E-state index contributed by atoms with van der Waals surface area (Å²) in [7, 11) is 0. The van der Waals surface area contributed by atoms with E-state index in [9.17, 15) is 0 Å². The fourth-order valence-corrected chi connectivity index (χ4v) is 1.23. The third-order valence-electron chi connectivity index (χ3n) is 1.97. The van der Waals surface area contributed by atoms with E-state index in [1.165, 1.54) is 24.0 Å². The second-order valence-corrected chi connectivity index (χ2v) is 2.92. The van der Waals surface area contributed by atoms with E-state index in [-0.39, 0.29) is 7.43 Å². The maximum atomic E-state index is 2.24. The summed E-state index contributed by atoms with van der Waals surface area (Å²) in [5.41, 5.74) is 2.90. The monoisotopic (exact) mass is 224 g/mol. The highest BCUT2D eigenvalue weighted by Crippen LogP contribution is 2.06. The molecule has 0 amide bonds. The first kappa shape index (κ1) is 20.6. The van der Waals surface area contributed by atoms with E-state index in [2.05, 4.69) is 38.1 Å². The molecule has 1 rings (SSSR count). The quantitative estimate of drug-likeness (QED) is 0.600. The predicted molar refractivity (Wildman–Crippen MR) is 79.2 cm³/mol. The molecule has 0 bridgehead atoms. The molecule has 0 unspecified atom stereocenters. The minimum absolute atomic E-state index is 0. The zero-order chi connectivity index (χ0) is 12.1. The summed E-state index contributed by atoms with van der Waals surface area (Å²) in [6.45, 7) is 12.4. The normalized spacial score (nSPS) is 7.62. The first-order valence-electron chi connectivity index (χ1n) is 6.44. The van der Waals surface area contributed by atoms with Crippen LogP contribution in [0.3, 0.4) is 0 Å². The minimum Gasteiger partial charge on any atom is -0.0776 e. The molecule has 0 nitrogen and oxygen atoms in total. The highest BCUT2D eigenvalue weighted by atomic mass is 14.0. The van der Waals surface area contributed by atoms with Crippen molar-refractivity contribution in [1.82, 2.24) is 0 Å². The minimum atomic E-state index is 0. The number of hydrogen-bond acceptors (Lipinski definition) is 0. The lowest BCUT2D eigenvalue weighted by Gasteiger charge is -1.99. The summed E-state index contributed by atoms with van der Waals surface area (Å²) in [6, 6.07) is 8.93. The Morgan fingerprint density at radius 3 is 1.44 bits per heavy atom. The van der Waals surface area contributed by atoms with Crippen molar-refractivity contribution in [3.05, 3.63) is 35.4 Å². The fourth-order valence-electron chi connectivity index (χ4n) is 1.23. The molecule has 0 heterocycles. The lowest BCUT2D eigenvalue weighted by molar-refractivity contribution is 0.920. The van der Waals surface area contributed by atoms with Gasteiger partial charge in [0.1, 0.15) is 0 Å².